The summed E-state index contributed by atoms with van der Waals surface area (Å²) in [6.07, 6.45) is 3.14. The molecule has 1 aliphatic heterocycles. The molecule has 1 atom stereocenters. The number of hydrogen-bond acceptors (Lipinski definition) is 5. The number of carboxylic acid groups (broad SMARTS) is 1. The first-order chi connectivity index (χ1) is 9.99. The van der Waals surface area contributed by atoms with Crippen molar-refractivity contribution in [1.29, 1.82) is 0 Å². The van der Waals surface area contributed by atoms with Crippen molar-refractivity contribution in [1.82, 2.24) is 19.7 Å². The van der Waals surface area contributed by atoms with E-state index >= 15 is 0 Å². The maximum atomic E-state index is 11.6. The van der Waals surface area contributed by atoms with Crippen LogP contribution in [0.1, 0.15) is 17.3 Å². The summed E-state index contributed by atoms with van der Waals surface area (Å²) in [6.45, 7) is 4.73. The van der Waals surface area contributed by atoms with Crippen LogP contribution in [0, 0.1) is 0 Å². The van der Waals surface area contributed by atoms with Crippen LogP contribution in [0.3, 0.4) is 0 Å². The van der Waals surface area contributed by atoms with Gasteiger partial charge in [0.15, 0.2) is 5.65 Å². The molecule has 0 amide bonds. The summed E-state index contributed by atoms with van der Waals surface area (Å²) in [5.74, 6) is -0.950. The number of piperazine rings is 1. The number of rotatable bonds is 2. The highest BCUT2D eigenvalue weighted by Crippen LogP contribution is 2.31. The number of aryl methyl sites for hydroxylation is 1. The Morgan fingerprint density at radius 1 is 1.33 bits per heavy atom. The topological polar surface area (TPSA) is 74.5 Å². The van der Waals surface area contributed by atoms with Crippen LogP contribution in [0.25, 0.3) is 11.0 Å². The molecule has 0 bridgehead atoms. The molecule has 2 aromatic heterocycles. The average molecular weight is 289 g/mol. The van der Waals surface area contributed by atoms with E-state index in [0.717, 1.165) is 30.7 Å². The standard InChI is InChI=1S/C14H19N5O2/c1-9-8-17(2)4-5-19(9)12-10-7-16-18(3)13(10)15-6-11(12)14(20)21/h6-7,9H,4-5,8H2,1-3H3,(H,20,21). The van der Waals surface area contributed by atoms with Gasteiger partial charge in [0, 0.05) is 38.9 Å². The van der Waals surface area contributed by atoms with Crippen LogP contribution in [-0.2, 0) is 7.05 Å². The molecule has 3 rings (SSSR count). The summed E-state index contributed by atoms with van der Waals surface area (Å²) in [6, 6.07) is 0.243. The molecular formula is C14H19N5O2. The van der Waals surface area contributed by atoms with Gasteiger partial charge in [0.1, 0.15) is 5.56 Å². The molecule has 0 radical (unpaired) electrons. The highest BCUT2D eigenvalue weighted by Gasteiger charge is 2.28. The van der Waals surface area contributed by atoms with Crippen LogP contribution in [0.2, 0.25) is 0 Å². The number of hydrogen-bond donors (Lipinski definition) is 1. The Kier molecular flexibility index (Phi) is 3.29. The number of nitrogens with zero attached hydrogens (tertiary/aromatic N) is 5. The molecule has 7 heteroatoms. The Labute approximate surface area is 122 Å². The van der Waals surface area contributed by atoms with Crippen molar-refractivity contribution in [3.05, 3.63) is 18.0 Å². The fraction of sp³-hybridized carbons (Fsp3) is 0.500. The van der Waals surface area contributed by atoms with E-state index in [4.69, 9.17) is 0 Å². The summed E-state index contributed by atoms with van der Waals surface area (Å²) in [4.78, 5) is 20.2. The fourth-order valence-corrected chi connectivity index (χ4v) is 3.02. The normalized spacial score (nSPS) is 20.1. The first-order valence-electron chi connectivity index (χ1n) is 6.98. The smallest absolute Gasteiger partial charge is 0.339 e. The lowest BCUT2D eigenvalue weighted by atomic mass is 10.1. The van der Waals surface area contributed by atoms with Gasteiger partial charge < -0.3 is 14.9 Å². The zero-order valence-electron chi connectivity index (χ0n) is 12.4. The number of carboxylic acids is 1. The Hall–Kier alpha value is -2.15. The molecule has 0 spiro atoms. The summed E-state index contributed by atoms with van der Waals surface area (Å²) in [7, 11) is 3.89. The monoisotopic (exact) mass is 289 g/mol. The molecule has 1 aliphatic rings. The molecule has 1 saturated heterocycles. The van der Waals surface area contributed by atoms with E-state index in [0.29, 0.717) is 5.65 Å². The third-order valence-electron chi connectivity index (χ3n) is 4.08. The molecule has 1 fully saturated rings. The third kappa shape index (κ3) is 2.23. The van der Waals surface area contributed by atoms with Gasteiger partial charge in [0.05, 0.1) is 17.3 Å². The predicted octanol–water partition coefficient (Wildman–Crippen LogP) is 0.807. The lowest BCUT2D eigenvalue weighted by Gasteiger charge is -2.40. The highest BCUT2D eigenvalue weighted by atomic mass is 16.4. The van der Waals surface area contributed by atoms with E-state index in [1.54, 1.807) is 10.9 Å². The van der Waals surface area contributed by atoms with Crippen molar-refractivity contribution in [2.45, 2.75) is 13.0 Å². The van der Waals surface area contributed by atoms with Crippen molar-refractivity contribution in [3.63, 3.8) is 0 Å². The largest absolute Gasteiger partial charge is 0.478 e. The van der Waals surface area contributed by atoms with Crippen LogP contribution in [0.4, 0.5) is 5.69 Å². The molecule has 2 aromatic rings. The van der Waals surface area contributed by atoms with Gasteiger partial charge in [-0.25, -0.2) is 9.78 Å². The van der Waals surface area contributed by atoms with Crippen molar-refractivity contribution in [2.75, 3.05) is 31.6 Å². The number of anilines is 1. The number of pyridine rings is 1. The molecule has 7 nitrogen and oxygen atoms in total. The second-order valence-electron chi connectivity index (χ2n) is 5.64. The molecule has 3 heterocycles. The maximum Gasteiger partial charge on any atom is 0.339 e. The number of likely N-dealkylation sites (N-methyl/N-ethyl adjacent to an activating group) is 1. The minimum atomic E-state index is -0.950. The minimum absolute atomic E-state index is 0.243. The van der Waals surface area contributed by atoms with Gasteiger partial charge in [-0.05, 0) is 14.0 Å². The van der Waals surface area contributed by atoms with Gasteiger partial charge in [0.2, 0.25) is 0 Å². The Balaban J connectivity index is 2.18. The molecule has 1 unspecified atom stereocenters. The molecule has 1 N–H and O–H groups in total. The van der Waals surface area contributed by atoms with E-state index in [9.17, 15) is 9.90 Å². The fourth-order valence-electron chi connectivity index (χ4n) is 3.02. The molecule has 112 valence electrons. The summed E-state index contributed by atoms with van der Waals surface area (Å²) in [5.41, 5.74) is 1.69. The predicted molar refractivity (Wildman–Crippen MR) is 79.8 cm³/mol. The molecule has 21 heavy (non-hydrogen) atoms. The van der Waals surface area contributed by atoms with Gasteiger partial charge in [-0.3, -0.25) is 4.68 Å². The van der Waals surface area contributed by atoms with Gasteiger partial charge in [0.25, 0.3) is 0 Å². The lowest BCUT2D eigenvalue weighted by Crippen LogP contribution is -2.51. The molecule has 0 aromatic carbocycles. The SMILES string of the molecule is CC1CN(C)CCN1c1c(C(=O)O)cnc2c1cnn2C. The van der Waals surface area contributed by atoms with Crippen LogP contribution >= 0.6 is 0 Å². The molecule has 0 aliphatic carbocycles. The first-order valence-corrected chi connectivity index (χ1v) is 6.98. The Morgan fingerprint density at radius 3 is 2.76 bits per heavy atom. The van der Waals surface area contributed by atoms with Crippen LogP contribution in [0.5, 0.6) is 0 Å². The molecule has 0 saturated carbocycles. The van der Waals surface area contributed by atoms with E-state index in [-0.39, 0.29) is 11.6 Å². The van der Waals surface area contributed by atoms with E-state index in [2.05, 4.69) is 33.9 Å². The second kappa shape index (κ2) is 5.00. The number of carbonyl (C=O) groups is 1. The van der Waals surface area contributed by atoms with Crippen LogP contribution < -0.4 is 4.90 Å². The molecular weight excluding hydrogens is 270 g/mol. The van der Waals surface area contributed by atoms with Gasteiger partial charge >= 0.3 is 5.97 Å². The zero-order valence-corrected chi connectivity index (χ0v) is 12.4. The highest BCUT2D eigenvalue weighted by molar-refractivity contribution is 6.03. The van der Waals surface area contributed by atoms with Crippen molar-refractivity contribution in [3.8, 4) is 0 Å². The first kappa shape index (κ1) is 13.8. The average Bonchev–Trinajstić information content (AvgIpc) is 2.80. The maximum absolute atomic E-state index is 11.6. The number of aromatic carboxylic acids is 1. The second-order valence-corrected chi connectivity index (χ2v) is 5.64. The van der Waals surface area contributed by atoms with Gasteiger partial charge in [-0.1, -0.05) is 0 Å². The van der Waals surface area contributed by atoms with E-state index < -0.39 is 5.97 Å². The summed E-state index contributed by atoms with van der Waals surface area (Å²) < 4.78 is 1.67. The van der Waals surface area contributed by atoms with Crippen molar-refractivity contribution < 1.29 is 9.90 Å². The third-order valence-corrected chi connectivity index (χ3v) is 4.08. The minimum Gasteiger partial charge on any atom is -0.478 e. The van der Waals surface area contributed by atoms with Crippen molar-refractivity contribution in [2.24, 2.45) is 7.05 Å². The summed E-state index contributed by atoms with van der Waals surface area (Å²) >= 11 is 0. The lowest BCUT2D eigenvalue weighted by molar-refractivity contribution is 0.0697. The number of fused-ring (bicyclic) bond motifs is 1. The Morgan fingerprint density at radius 2 is 2.10 bits per heavy atom. The zero-order chi connectivity index (χ0) is 15.1. The Bertz CT molecular complexity index is 696. The van der Waals surface area contributed by atoms with E-state index in [1.165, 1.54) is 6.20 Å². The van der Waals surface area contributed by atoms with Crippen molar-refractivity contribution >= 4 is 22.7 Å². The van der Waals surface area contributed by atoms with Gasteiger partial charge in [-0.15, -0.1) is 0 Å². The van der Waals surface area contributed by atoms with E-state index in [1.807, 2.05) is 7.05 Å². The van der Waals surface area contributed by atoms with Gasteiger partial charge in [-0.2, -0.15) is 5.10 Å². The number of aromatic nitrogens is 3. The van der Waals surface area contributed by atoms with Crippen LogP contribution in [0.15, 0.2) is 12.4 Å². The van der Waals surface area contributed by atoms with Crippen LogP contribution in [-0.4, -0.2) is 63.5 Å². The quantitative estimate of drug-likeness (QED) is 0.881. The summed E-state index contributed by atoms with van der Waals surface area (Å²) in [5, 5.41) is 14.5.